The van der Waals surface area contributed by atoms with Crippen LogP contribution < -0.4 is 0 Å². The number of hydrogen-bond acceptors (Lipinski definition) is 6. The van der Waals surface area contributed by atoms with Crippen LogP contribution in [0, 0.1) is 30.3 Å². The second-order valence-corrected chi connectivity index (χ2v) is 12.9. The number of carbonyl (C=O) groups is 3. The molecule has 2 aliphatic heterocycles. The van der Waals surface area contributed by atoms with E-state index in [1.807, 2.05) is 39.8 Å². The van der Waals surface area contributed by atoms with Gasteiger partial charge in [-0.25, -0.2) is 22.6 Å². The van der Waals surface area contributed by atoms with Crippen LogP contribution in [0.5, 0.6) is 0 Å². The van der Waals surface area contributed by atoms with Gasteiger partial charge < -0.3 is 14.5 Å². The van der Waals surface area contributed by atoms with E-state index in [-0.39, 0.29) is 44.0 Å². The Morgan fingerprint density at radius 2 is 1.64 bits per heavy atom. The third-order valence-electron chi connectivity index (χ3n) is 8.28. The summed E-state index contributed by atoms with van der Waals surface area (Å²) in [7, 11) is 0. The van der Waals surface area contributed by atoms with Crippen LogP contribution in [0.3, 0.4) is 0 Å². The third-order valence-corrected chi connectivity index (χ3v) is 8.28. The third kappa shape index (κ3) is 7.37. The highest BCUT2D eigenvalue weighted by Gasteiger charge is 2.33. The van der Waals surface area contributed by atoms with E-state index in [4.69, 9.17) is 4.74 Å². The van der Waals surface area contributed by atoms with Gasteiger partial charge in [0.2, 0.25) is 0 Å². The molecule has 12 heteroatoms. The molecule has 2 saturated heterocycles. The second-order valence-electron chi connectivity index (χ2n) is 12.9. The number of ketones is 1. The summed E-state index contributed by atoms with van der Waals surface area (Å²) in [6.07, 6.45) is 5.06. The van der Waals surface area contributed by atoms with Crippen molar-refractivity contribution >= 4 is 17.8 Å². The lowest BCUT2D eigenvalue weighted by molar-refractivity contribution is 0.00982. The second kappa shape index (κ2) is 13.0. The van der Waals surface area contributed by atoms with Crippen LogP contribution in [0.2, 0.25) is 0 Å². The fraction of sp³-hybridized carbons (Fsp3) is 0.485. The Labute approximate surface area is 260 Å². The number of halogens is 3. The Morgan fingerprint density at radius 3 is 2.31 bits per heavy atom. The molecule has 0 N–H and O–H groups in total. The normalized spacial score (nSPS) is 17.8. The maximum absolute atomic E-state index is 14.2. The van der Waals surface area contributed by atoms with Gasteiger partial charge in [-0.2, -0.15) is 0 Å². The van der Waals surface area contributed by atoms with Gasteiger partial charge in [-0.1, -0.05) is 11.3 Å². The van der Waals surface area contributed by atoms with Gasteiger partial charge in [-0.05, 0) is 77.5 Å². The topological polar surface area (TPSA) is 97.6 Å². The van der Waals surface area contributed by atoms with Crippen molar-refractivity contribution in [3.05, 3.63) is 76.4 Å². The summed E-state index contributed by atoms with van der Waals surface area (Å²) in [5.41, 5.74) is 1.18. The number of Topliss-reactive ketones (excluding diaryl/α,β-unsaturated/α-hetero) is 1. The minimum absolute atomic E-state index is 0.0850. The van der Waals surface area contributed by atoms with Crippen LogP contribution in [-0.2, 0) is 11.2 Å². The number of nitrogens with zero attached hydrogens (tertiary/aromatic N) is 5. The first-order valence-corrected chi connectivity index (χ1v) is 15.3. The van der Waals surface area contributed by atoms with Crippen LogP contribution in [0.25, 0.3) is 5.69 Å². The van der Waals surface area contributed by atoms with E-state index in [0.29, 0.717) is 42.0 Å². The van der Waals surface area contributed by atoms with Crippen LogP contribution >= 0.6 is 0 Å². The molecule has 3 aromatic rings. The first kappa shape index (κ1) is 32.2. The molecule has 0 aliphatic carbocycles. The smallest absolute Gasteiger partial charge is 0.410 e. The molecule has 5 rings (SSSR count). The molecule has 1 aromatic heterocycles. The highest BCUT2D eigenvalue weighted by Crippen LogP contribution is 2.28. The van der Waals surface area contributed by atoms with E-state index in [1.165, 1.54) is 0 Å². The zero-order valence-corrected chi connectivity index (χ0v) is 26.0. The van der Waals surface area contributed by atoms with E-state index in [2.05, 4.69) is 10.3 Å². The molecule has 2 aliphatic rings. The molecule has 3 heterocycles. The van der Waals surface area contributed by atoms with Gasteiger partial charge in [0, 0.05) is 50.1 Å². The highest BCUT2D eigenvalue weighted by molar-refractivity contribution is 6.00. The zero-order chi connectivity index (χ0) is 32.5. The standard InChI is InChI=1S/C33H38F3N5O4/c1-20-8-9-25(31(43)39-13-10-21(11-14-39)30(42)29-26(35)16-22(34)17-27(29)36)28(15-20)41-19-23(37-38-41)18-24-7-5-6-12-40(24)32(44)45-33(2,3)4/h8-9,15-17,19,21,24H,5-7,10-14,18H2,1-4H3. The molecule has 2 aromatic carbocycles. The monoisotopic (exact) mass is 625 g/mol. The SMILES string of the molecule is Cc1ccc(C(=O)N2CCC(C(=O)c3c(F)cc(F)cc3F)CC2)c(-n2cc(CC3CCCCN3C(=O)OC(C)(C)C)nn2)c1. The Balaban J connectivity index is 1.29. The Kier molecular flexibility index (Phi) is 9.31. The van der Waals surface area contributed by atoms with Gasteiger partial charge in [0.1, 0.15) is 23.1 Å². The van der Waals surface area contributed by atoms with Gasteiger partial charge in [0.15, 0.2) is 5.78 Å². The van der Waals surface area contributed by atoms with Crippen molar-refractivity contribution in [2.24, 2.45) is 5.92 Å². The molecule has 0 bridgehead atoms. The average Bonchev–Trinajstić information content (AvgIpc) is 3.44. The number of aromatic nitrogens is 3. The molecule has 45 heavy (non-hydrogen) atoms. The maximum Gasteiger partial charge on any atom is 0.410 e. The van der Waals surface area contributed by atoms with E-state index < -0.39 is 40.3 Å². The number of rotatable bonds is 6. The molecule has 1 atom stereocenters. The van der Waals surface area contributed by atoms with Gasteiger partial charge in [-0.15, -0.1) is 5.10 Å². The lowest BCUT2D eigenvalue weighted by Gasteiger charge is -2.36. The summed E-state index contributed by atoms with van der Waals surface area (Å²) < 4.78 is 49.0. The predicted octanol–water partition coefficient (Wildman–Crippen LogP) is 6.06. The largest absolute Gasteiger partial charge is 0.444 e. The van der Waals surface area contributed by atoms with Gasteiger partial charge >= 0.3 is 6.09 Å². The molecule has 2 amide bonds. The lowest BCUT2D eigenvalue weighted by Crippen LogP contribution is -2.47. The molecule has 240 valence electrons. The van der Waals surface area contributed by atoms with Crippen molar-refractivity contribution in [3.8, 4) is 5.69 Å². The number of likely N-dealkylation sites (tertiary alicyclic amines) is 2. The first-order valence-electron chi connectivity index (χ1n) is 15.3. The van der Waals surface area contributed by atoms with Gasteiger partial charge in [-0.3, -0.25) is 9.59 Å². The fourth-order valence-electron chi connectivity index (χ4n) is 6.03. The van der Waals surface area contributed by atoms with Crippen LogP contribution in [-0.4, -0.2) is 73.9 Å². The van der Waals surface area contributed by atoms with E-state index in [9.17, 15) is 27.6 Å². The molecule has 0 saturated carbocycles. The van der Waals surface area contributed by atoms with Crippen LogP contribution in [0.4, 0.5) is 18.0 Å². The summed E-state index contributed by atoms with van der Waals surface area (Å²) in [6, 6.07) is 6.30. The number of benzene rings is 2. The Hall–Kier alpha value is -4.22. The highest BCUT2D eigenvalue weighted by atomic mass is 19.1. The van der Waals surface area contributed by atoms with Crippen molar-refractivity contribution in [2.45, 2.75) is 77.9 Å². The van der Waals surface area contributed by atoms with E-state index >= 15 is 0 Å². The van der Waals surface area contributed by atoms with Crippen LogP contribution in [0.1, 0.15) is 84.8 Å². The summed E-state index contributed by atoms with van der Waals surface area (Å²) in [5.74, 6) is -5.24. The first-order chi connectivity index (χ1) is 21.3. The summed E-state index contributed by atoms with van der Waals surface area (Å²) >= 11 is 0. The summed E-state index contributed by atoms with van der Waals surface area (Å²) in [5, 5.41) is 8.68. The molecular weight excluding hydrogens is 587 g/mol. The number of hydrogen-bond donors (Lipinski definition) is 0. The van der Waals surface area contributed by atoms with E-state index in [0.717, 1.165) is 24.8 Å². The minimum atomic E-state index is -1.23. The van der Waals surface area contributed by atoms with Gasteiger partial charge in [0.05, 0.1) is 28.7 Å². The summed E-state index contributed by atoms with van der Waals surface area (Å²) in [4.78, 5) is 42.8. The molecule has 1 unspecified atom stereocenters. The fourth-order valence-corrected chi connectivity index (χ4v) is 6.03. The van der Waals surface area contributed by atoms with Gasteiger partial charge in [0.25, 0.3) is 5.91 Å². The molecule has 9 nitrogen and oxygen atoms in total. The maximum atomic E-state index is 14.2. The lowest BCUT2D eigenvalue weighted by atomic mass is 9.88. The number of ether oxygens (including phenoxy) is 1. The average molecular weight is 626 g/mol. The van der Waals surface area contributed by atoms with Crippen molar-refractivity contribution < 1.29 is 32.3 Å². The van der Waals surface area contributed by atoms with Crippen molar-refractivity contribution in [1.82, 2.24) is 24.8 Å². The molecule has 0 radical (unpaired) electrons. The molecule has 2 fully saturated rings. The van der Waals surface area contributed by atoms with Crippen LogP contribution in [0.15, 0.2) is 36.5 Å². The molecular formula is C33H38F3N5O4. The van der Waals surface area contributed by atoms with Crippen molar-refractivity contribution in [1.29, 1.82) is 0 Å². The number of aryl methyl sites for hydroxylation is 1. The van der Waals surface area contributed by atoms with E-state index in [1.54, 1.807) is 26.7 Å². The Bertz CT molecular complexity index is 1570. The predicted molar refractivity (Wildman–Crippen MR) is 160 cm³/mol. The number of piperidine rings is 2. The van der Waals surface area contributed by atoms with Crippen molar-refractivity contribution in [3.63, 3.8) is 0 Å². The Morgan fingerprint density at radius 1 is 0.956 bits per heavy atom. The van der Waals surface area contributed by atoms with Crippen molar-refractivity contribution in [2.75, 3.05) is 19.6 Å². The zero-order valence-electron chi connectivity index (χ0n) is 26.0. The number of carbonyl (C=O) groups excluding carboxylic acids is 3. The number of amides is 2. The molecule has 0 spiro atoms. The quantitative estimate of drug-likeness (QED) is 0.309. The minimum Gasteiger partial charge on any atom is -0.444 e. The summed E-state index contributed by atoms with van der Waals surface area (Å²) in [6.45, 7) is 8.45.